The molecule has 1 aromatic rings. The van der Waals surface area contributed by atoms with E-state index in [9.17, 15) is 21.6 Å². The van der Waals surface area contributed by atoms with Crippen LogP contribution in [-0.4, -0.2) is 13.9 Å². The number of halogens is 3. The number of hydrogen-bond donors (Lipinski definition) is 0. The molecule has 0 heterocycles. The Morgan fingerprint density at radius 3 is 2.37 bits per heavy atom. The van der Waals surface area contributed by atoms with E-state index in [0.717, 1.165) is 5.56 Å². The van der Waals surface area contributed by atoms with Gasteiger partial charge in [-0.05, 0) is 24.0 Å². The van der Waals surface area contributed by atoms with Crippen LogP contribution in [0.4, 0.5) is 13.2 Å². The Morgan fingerprint density at radius 2 is 1.79 bits per heavy atom. The molecule has 0 aromatic heterocycles. The Kier molecular flexibility index (Phi) is 3.58. The monoisotopic (exact) mass is 292 g/mol. The maximum Gasteiger partial charge on any atom is 0.534 e. The normalized spacial score (nSPS) is 20.2. The van der Waals surface area contributed by atoms with Crippen LogP contribution in [0.1, 0.15) is 24.3 Å². The summed E-state index contributed by atoms with van der Waals surface area (Å²) in [6.45, 7) is 0. The van der Waals surface area contributed by atoms with Crippen LogP contribution < -0.4 is 0 Å². The van der Waals surface area contributed by atoms with Gasteiger partial charge < -0.3 is 4.18 Å². The second kappa shape index (κ2) is 4.88. The molecular formula is C12H11F3O3S. The van der Waals surface area contributed by atoms with Crippen LogP contribution in [0.3, 0.4) is 0 Å². The smallest absolute Gasteiger partial charge is 0.381 e. The number of rotatable bonds is 3. The Morgan fingerprint density at radius 1 is 1.16 bits per heavy atom. The van der Waals surface area contributed by atoms with Crippen molar-refractivity contribution < 1.29 is 25.8 Å². The van der Waals surface area contributed by atoms with Crippen LogP contribution in [0.5, 0.6) is 0 Å². The molecule has 0 radical (unpaired) electrons. The molecule has 2 rings (SSSR count). The van der Waals surface area contributed by atoms with Gasteiger partial charge in [0.2, 0.25) is 0 Å². The molecule has 1 aliphatic rings. The Hall–Kier alpha value is -1.50. The summed E-state index contributed by atoms with van der Waals surface area (Å²) in [6.07, 6.45) is 2.01. The van der Waals surface area contributed by atoms with Crippen LogP contribution in [-0.2, 0) is 14.3 Å². The second-order valence-electron chi connectivity index (χ2n) is 4.20. The van der Waals surface area contributed by atoms with E-state index in [1.165, 1.54) is 6.08 Å². The number of benzene rings is 1. The first-order valence-electron chi connectivity index (χ1n) is 5.54. The lowest BCUT2D eigenvalue weighted by Crippen LogP contribution is -2.25. The minimum atomic E-state index is -5.56. The predicted octanol–water partition coefficient (Wildman–Crippen LogP) is 3.31. The second-order valence-corrected chi connectivity index (χ2v) is 5.74. The molecule has 1 aliphatic carbocycles. The first-order chi connectivity index (χ1) is 8.79. The van der Waals surface area contributed by atoms with Crippen molar-refractivity contribution >= 4 is 10.1 Å². The van der Waals surface area contributed by atoms with Crippen molar-refractivity contribution in [3.63, 3.8) is 0 Å². The fourth-order valence-electron chi connectivity index (χ4n) is 1.92. The van der Waals surface area contributed by atoms with E-state index in [1.807, 2.05) is 30.3 Å². The molecule has 19 heavy (non-hydrogen) atoms. The molecule has 0 N–H and O–H groups in total. The van der Waals surface area contributed by atoms with Crippen LogP contribution in [0.15, 0.2) is 42.2 Å². The highest BCUT2D eigenvalue weighted by molar-refractivity contribution is 7.87. The van der Waals surface area contributed by atoms with Crippen molar-refractivity contribution in [1.29, 1.82) is 0 Å². The van der Waals surface area contributed by atoms with Gasteiger partial charge in [-0.1, -0.05) is 30.3 Å². The predicted molar refractivity (Wildman–Crippen MR) is 62.6 cm³/mol. The van der Waals surface area contributed by atoms with E-state index < -0.39 is 15.6 Å². The highest BCUT2D eigenvalue weighted by Crippen LogP contribution is 2.37. The summed E-state index contributed by atoms with van der Waals surface area (Å²) < 4.78 is 62.3. The Labute approximate surface area is 108 Å². The van der Waals surface area contributed by atoms with Gasteiger partial charge in [-0.25, -0.2) is 0 Å². The summed E-state index contributed by atoms with van der Waals surface area (Å²) in [6, 6.07) is 9.16. The van der Waals surface area contributed by atoms with Gasteiger partial charge >= 0.3 is 15.6 Å². The molecule has 104 valence electrons. The van der Waals surface area contributed by atoms with Gasteiger partial charge in [-0.2, -0.15) is 21.6 Å². The maximum atomic E-state index is 12.2. The summed E-state index contributed by atoms with van der Waals surface area (Å²) in [5.74, 6) is -0.189. The molecular weight excluding hydrogens is 281 g/mol. The topological polar surface area (TPSA) is 43.4 Å². The number of alkyl halides is 3. The molecule has 0 amide bonds. The van der Waals surface area contributed by atoms with Crippen molar-refractivity contribution in [3.05, 3.63) is 47.7 Å². The first-order valence-corrected chi connectivity index (χ1v) is 6.95. The molecule has 1 atom stereocenters. The van der Waals surface area contributed by atoms with Crippen molar-refractivity contribution in [3.8, 4) is 0 Å². The third kappa shape index (κ3) is 3.09. The molecule has 7 heteroatoms. The summed E-state index contributed by atoms with van der Waals surface area (Å²) in [5.41, 5.74) is -4.44. The molecule has 1 aromatic carbocycles. The molecule has 0 spiro atoms. The van der Waals surface area contributed by atoms with Crippen LogP contribution in [0.25, 0.3) is 0 Å². The molecule has 0 saturated carbocycles. The third-order valence-corrected chi connectivity index (χ3v) is 3.85. The van der Waals surface area contributed by atoms with E-state index in [0.29, 0.717) is 6.42 Å². The van der Waals surface area contributed by atoms with Crippen molar-refractivity contribution in [2.24, 2.45) is 0 Å². The maximum absolute atomic E-state index is 12.2. The zero-order chi connectivity index (χ0) is 14.1. The van der Waals surface area contributed by atoms with Gasteiger partial charge in [0.1, 0.15) is 5.76 Å². The summed E-state index contributed by atoms with van der Waals surface area (Å²) >= 11 is 0. The van der Waals surface area contributed by atoms with Crippen LogP contribution in [0, 0.1) is 0 Å². The largest absolute Gasteiger partial charge is 0.534 e. The van der Waals surface area contributed by atoms with Crippen molar-refractivity contribution in [1.82, 2.24) is 0 Å². The van der Waals surface area contributed by atoms with Crippen LogP contribution in [0.2, 0.25) is 0 Å². The van der Waals surface area contributed by atoms with Gasteiger partial charge in [0.05, 0.1) is 0 Å². The zero-order valence-electron chi connectivity index (χ0n) is 9.72. The van der Waals surface area contributed by atoms with E-state index in [1.54, 1.807) is 0 Å². The van der Waals surface area contributed by atoms with E-state index in [4.69, 9.17) is 0 Å². The molecule has 0 bridgehead atoms. The zero-order valence-corrected chi connectivity index (χ0v) is 10.5. The average molecular weight is 292 g/mol. The average Bonchev–Trinajstić information content (AvgIpc) is 2.76. The van der Waals surface area contributed by atoms with Gasteiger partial charge in [0.25, 0.3) is 0 Å². The standard InChI is InChI=1S/C12H11F3O3S/c13-12(14,15)19(16,17)18-11-7-6-10(8-11)9-4-2-1-3-5-9/h1-5,7,10H,6,8H2. The first kappa shape index (κ1) is 13.9. The highest BCUT2D eigenvalue weighted by Gasteiger charge is 2.49. The SMILES string of the molecule is O=S(=O)(OC1=CCC(c2ccccc2)C1)C(F)(F)F. The quantitative estimate of drug-likeness (QED) is 0.634. The fraction of sp³-hybridized carbons (Fsp3) is 0.333. The van der Waals surface area contributed by atoms with Gasteiger partial charge in [0, 0.05) is 6.42 Å². The minimum absolute atomic E-state index is 0.0420. The molecule has 0 aliphatic heterocycles. The van der Waals surface area contributed by atoms with E-state index >= 15 is 0 Å². The number of allylic oxidation sites excluding steroid dienone is 2. The summed E-state index contributed by atoms with van der Waals surface area (Å²) in [7, 11) is -5.56. The Balaban J connectivity index is 2.04. The third-order valence-electron chi connectivity index (χ3n) is 2.85. The Bertz CT molecular complexity index is 576. The molecule has 1 unspecified atom stereocenters. The van der Waals surface area contributed by atoms with E-state index in [-0.39, 0.29) is 18.1 Å². The lowest BCUT2D eigenvalue weighted by molar-refractivity contribution is -0.0523. The van der Waals surface area contributed by atoms with Crippen LogP contribution >= 0.6 is 0 Å². The van der Waals surface area contributed by atoms with E-state index in [2.05, 4.69) is 4.18 Å². The van der Waals surface area contributed by atoms with Gasteiger partial charge in [-0.3, -0.25) is 0 Å². The fourth-order valence-corrected chi connectivity index (χ4v) is 2.43. The number of hydrogen-bond acceptors (Lipinski definition) is 3. The van der Waals surface area contributed by atoms with Crippen molar-refractivity contribution in [2.45, 2.75) is 24.3 Å². The lowest BCUT2D eigenvalue weighted by Gasteiger charge is -2.12. The van der Waals surface area contributed by atoms with Crippen molar-refractivity contribution in [2.75, 3.05) is 0 Å². The lowest BCUT2D eigenvalue weighted by atomic mass is 9.97. The van der Waals surface area contributed by atoms with Gasteiger partial charge in [-0.15, -0.1) is 0 Å². The molecule has 3 nitrogen and oxygen atoms in total. The summed E-state index contributed by atoms with van der Waals surface area (Å²) in [5, 5.41) is 0. The molecule has 0 saturated heterocycles. The minimum Gasteiger partial charge on any atom is -0.381 e. The van der Waals surface area contributed by atoms with Gasteiger partial charge in [0.15, 0.2) is 0 Å². The molecule has 0 fully saturated rings. The summed E-state index contributed by atoms with van der Waals surface area (Å²) in [4.78, 5) is 0. The highest BCUT2D eigenvalue weighted by atomic mass is 32.2.